The molecule has 0 aromatic rings. The second kappa shape index (κ2) is 94.1. The van der Waals surface area contributed by atoms with Crippen LogP contribution in [0.15, 0.2) is 170 Å². The summed E-state index contributed by atoms with van der Waals surface area (Å²) in [5.74, 6) is -1.59. The number of carbonyl (C=O) groups excluding carboxylic acids is 3. The number of carbonyl (C=O) groups is 3. The van der Waals surface area contributed by atoms with Crippen LogP contribution in [0.5, 0.6) is 0 Å². The van der Waals surface area contributed by atoms with Crippen LogP contribution in [-0.2, 0) is 55.8 Å². The molecule has 0 spiro atoms. The van der Waals surface area contributed by atoms with Crippen molar-refractivity contribution in [2.75, 3.05) is 39.6 Å². The monoisotopic (exact) mass is 1730 g/mol. The fourth-order valence-corrected chi connectivity index (χ4v) is 14.7. The van der Waals surface area contributed by atoms with Crippen molar-refractivity contribution in [2.45, 2.75) is 424 Å². The van der Waals surface area contributed by atoms with Gasteiger partial charge in [-0.2, -0.15) is 0 Å². The van der Waals surface area contributed by atoms with Crippen molar-refractivity contribution < 1.29 is 75.8 Å². The Labute approximate surface area is 739 Å². The summed E-state index contributed by atoms with van der Waals surface area (Å²) in [5, 5.41) is 20.8. The van der Waals surface area contributed by atoms with E-state index in [1.807, 2.05) is 0 Å². The molecule has 121 heavy (non-hydrogen) atoms. The molecule has 0 fully saturated rings. The highest BCUT2D eigenvalue weighted by molar-refractivity contribution is 7.47. The lowest BCUT2D eigenvalue weighted by molar-refractivity contribution is -0.161. The molecule has 0 bridgehead atoms. The van der Waals surface area contributed by atoms with E-state index in [0.717, 1.165) is 161 Å². The van der Waals surface area contributed by atoms with Crippen LogP contribution >= 0.6 is 15.6 Å². The van der Waals surface area contributed by atoms with Crippen molar-refractivity contribution in [3.8, 4) is 0 Å². The molecule has 0 rings (SSSR count). The highest BCUT2D eigenvalue weighted by atomic mass is 31.2. The van der Waals surface area contributed by atoms with Gasteiger partial charge in [-0.3, -0.25) is 32.5 Å². The number of hydrogen-bond donors (Lipinski definition) is 4. The molecule has 0 aromatic heterocycles. The molecule has 694 valence electrons. The Kier molecular flexibility index (Phi) is 90.1. The first-order valence-electron chi connectivity index (χ1n) is 48.4. The summed E-state index contributed by atoms with van der Waals surface area (Å²) in [5.41, 5.74) is 0. The topological polar surface area (TPSA) is 231 Å². The summed E-state index contributed by atoms with van der Waals surface area (Å²) in [6.07, 6.45) is 123. The van der Waals surface area contributed by atoms with Crippen molar-refractivity contribution in [2.24, 2.45) is 0 Å². The van der Waals surface area contributed by atoms with Crippen molar-refractivity contribution in [1.82, 2.24) is 0 Å². The molecule has 5 atom stereocenters. The average Bonchev–Trinajstić information content (AvgIpc) is 0.889. The molecule has 4 N–H and O–H groups in total. The fraction of sp³-hybridized carbons (Fsp3) is 0.699. The van der Waals surface area contributed by atoms with E-state index in [1.54, 1.807) is 0 Å². The SMILES string of the molecule is CC/C=C\C/C=C\C/C=C\C/C=C\C/C=C\C/C=C\CCCCCCCCCCCCCCCCC(=O)OCC(O)COP(=O)(O)OCC(O)COP(=O)(O)OCC(COC(=O)CCCCCCCCCCCCCCCCC/C=C\C/C=C\C/C=C\C/C=C\CCCCC)OC(=O)CCCCCCC/C=C\C/C=C\C/C=C\C/C=C\CCCCC. The van der Waals surface area contributed by atoms with E-state index in [4.69, 9.17) is 32.3 Å². The number of allylic oxidation sites excluding steroid dienone is 28. The summed E-state index contributed by atoms with van der Waals surface area (Å²) in [6, 6.07) is 0. The Morgan fingerprint density at radius 2 is 0.438 bits per heavy atom. The quantitative estimate of drug-likeness (QED) is 0.0146. The predicted octanol–water partition coefficient (Wildman–Crippen LogP) is 30.2. The Bertz CT molecular complexity index is 2880. The van der Waals surface area contributed by atoms with Gasteiger partial charge in [0.05, 0.1) is 26.4 Å². The highest BCUT2D eigenvalue weighted by Crippen LogP contribution is 2.45. The first-order valence-corrected chi connectivity index (χ1v) is 51.4. The first kappa shape index (κ1) is 116. The Balaban J connectivity index is 4.57. The van der Waals surface area contributed by atoms with Gasteiger partial charge in [0.1, 0.15) is 25.4 Å². The van der Waals surface area contributed by atoms with Gasteiger partial charge in [-0.1, -0.05) is 396 Å². The summed E-state index contributed by atoms with van der Waals surface area (Å²) >= 11 is 0. The molecule has 0 aromatic carbocycles. The average molecular weight is 1730 g/mol. The van der Waals surface area contributed by atoms with E-state index in [9.17, 15) is 43.5 Å². The zero-order chi connectivity index (χ0) is 87.9. The van der Waals surface area contributed by atoms with Crippen molar-refractivity contribution >= 4 is 33.6 Å². The van der Waals surface area contributed by atoms with Crippen molar-refractivity contribution in [3.05, 3.63) is 170 Å². The number of phosphoric ester groups is 2. The minimum absolute atomic E-state index is 0.0809. The maximum Gasteiger partial charge on any atom is 0.472 e. The summed E-state index contributed by atoms with van der Waals surface area (Å²) in [7, 11) is -9.82. The number of esters is 3. The molecular weight excluding hydrogens is 1560 g/mol. The fourth-order valence-electron chi connectivity index (χ4n) is 13.1. The number of aliphatic hydroxyl groups is 2. The highest BCUT2D eigenvalue weighted by Gasteiger charge is 2.30. The van der Waals surface area contributed by atoms with E-state index in [1.165, 1.54) is 186 Å². The van der Waals surface area contributed by atoms with Crippen LogP contribution < -0.4 is 0 Å². The number of rotatable bonds is 91. The van der Waals surface area contributed by atoms with Crippen LogP contribution in [0, 0.1) is 0 Å². The lowest BCUT2D eigenvalue weighted by Gasteiger charge is -2.21. The molecule has 0 aliphatic heterocycles. The zero-order valence-electron chi connectivity index (χ0n) is 76.6. The lowest BCUT2D eigenvalue weighted by atomic mass is 10.0. The molecule has 0 radical (unpaired) electrons. The van der Waals surface area contributed by atoms with Gasteiger partial charge < -0.3 is 34.2 Å². The van der Waals surface area contributed by atoms with Gasteiger partial charge in [-0.15, -0.1) is 0 Å². The van der Waals surface area contributed by atoms with Gasteiger partial charge in [0.15, 0.2) is 6.10 Å². The molecule has 0 aliphatic carbocycles. The predicted molar refractivity (Wildman–Crippen MR) is 509 cm³/mol. The molecule has 18 heteroatoms. The second-order valence-corrected chi connectivity index (χ2v) is 35.0. The van der Waals surface area contributed by atoms with Crippen LogP contribution in [-0.4, -0.2) is 95.9 Å². The van der Waals surface area contributed by atoms with Gasteiger partial charge >= 0.3 is 33.6 Å². The first-order chi connectivity index (χ1) is 59.2. The third kappa shape index (κ3) is 95.4. The maximum absolute atomic E-state index is 13.1. The van der Waals surface area contributed by atoms with Crippen LogP contribution in [0.1, 0.15) is 406 Å². The smallest absolute Gasteiger partial charge is 0.463 e. The van der Waals surface area contributed by atoms with Crippen LogP contribution in [0.25, 0.3) is 0 Å². The largest absolute Gasteiger partial charge is 0.472 e. The maximum atomic E-state index is 13.1. The second-order valence-electron chi connectivity index (χ2n) is 32.1. The zero-order valence-corrected chi connectivity index (χ0v) is 78.4. The Morgan fingerprint density at radius 1 is 0.240 bits per heavy atom. The number of unbranched alkanes of at least 4 members (excludes halogenated alkanes) is 40. The summed E-state index contributed by atoms with van der Waals surface area (Å²) in [6.45, 7) is 2.54. The molecule has 0 aliphatic rings. The molecule has 0 heterocycles. The van der Waals surface area contributed by atoms with E-state index >= 15 is 0 Å². The van der Waals surface area contributed by atoms with Gasteiger partial charge in [0.25, 0.3) is 0 Å². The van der Waals surface area contributed by atoms with E-state index in [-0.39, 0.29) is 19.3 Å². The van der Waals surface area contributed by atoms with Crippen LogP contribution in [0.3, 0.4) is 0 Å². The van der Waals surface area contributed by atoms with E-state index in [2.05, 4.69) is 191 Å². The van der Waals surface area contributed by atoms with Crippen LogP contribution in [0.2, 0.25) is 0 Å². The van der Waals surface area contributed by atoms with Gasteiger partial charge in [0, 0.05) is 19.3 Å². The molecular formula is C103H176O16P2. The van der Waals surface area contributed by atoms with E-state index < -0.39 is 91.5 Å². The third-order valence-corrected chi connectivity index (χ3v) is 22.3. The molecule has 0 saturated carbocycles. The van der Waals surface area contributed by atoms with E-state index in [0.29, 0.717) is 19.3 Å². The number of aliphatic hydroxyl groups excluding tert-OH is 2. The number of hydrogen-bond acceptors (Lipinski definition) is 14. The number of phosphoric acid groups is 2. The summed E-state index contributed by atoms with van der Waals surface area (Å²) in [4.78, 5) is 59.1. The Hall–Kier alpha value is -5.09. The van der Waals surface area contributed by atoms with Crippen LogP contribution in [0.4, 0.5) is 0 Å². The normalized spacial score (nSPS) is 14.5. The summed E-state index contributed by atoms with van der Waals surface area (Å²) < 4.78 is 61.5. The lowest BCUT2D eigenvalue weighted by Crippen LogP contribution is -2.30. The third-order valence-electron chi connectivity index (χ3n) is 20.4. The van der Waals surface area contributed by atoms with Crippen molar-refractivity contribution in [3.63, 3.8) is 0 Å². The van der Waals surface area contributed by atoms with Gasteiger partial charge in [0.2, 0.25) is 0 Å². The molecule has 0 saturated heterocycles. The Morgan fingerprint density at radius 3 is 0.694 bits per heavy atom. The number of ether oxygens (including phenoxy) is 3. The van der Waals surface area contributed by atoms with Gasteiger partial charge in [-0.25, -0.2) is 9.13 Å². The standard InChI is InChI=1S/C103H176O16P2/c1-4-7-10-13-16-19-22-25-28-31-34-37-39-41-43-45-47-48-50-52-53-55-57-60-62-65-68-71-74-77-80-83-86-89-101(106)113-92-98(104)93-115-120(109,110)116-94-99(105)95-117-121(111,112)118-97-100(119-103(108)91-88-85-82-79-76-73-70-67-64-59-36-33-30-27-24-21-18-15-12-9-6-3)96-114-102(107)90-87-84-81-78-75-72-69-66-63-61-58-56-54-51-49-46-44-42-40-38-35-32-29-26-23-20-17-14-11-8-5-2/h7,10,16-21,25-30,34-38,41-44,47-48,59,67,70,98-100,104-105H,4-6,8-9,11-15,22-24,31-33,39-40,45-46,49-58,60-66,68-69,71-97H2,1-3H3,(H,109,110)(H,111,112)/b10-7-,19-16-,20-17-,21-18-,28-25-,29-26-,30-27-,37-34-,38-35-,43-41-,44-42-,48-47-,59-36-,70-67-. The van der Waals surface area contributed by atoms with Gasteiger partial charge in [-0.05, 0) is 161 Å². The molecule has 0 amide bonds. The molecule has 5 unspecified atom stereocenters. The minimum atomic E-state index is -4.95. The van der Waals surface area contributed by atoms with Crippen molar-refractivity contribution in [1.29, 1.82) is 0 Å². The molecule has 16 nitrogen and oxygen atoms in total. The minimum Gasteiger partial charge on any atom is -0.463 e.